The molecule has 0 bridgehead atoms. The van der Waals surface area contributed by atoms with Gasteiger partial charge in [-0.15, -0.1) is 0 Å². The van der Waals surface area contributed by atoms with Crippen molar-refractivity contribution in [1.29, 1.82) is 0 Å². The second kappa shape index (κ2) is 7.43. The average molecular weight is 333 g/mol. The summed E-state index contributed by atoms with van der Waals surface area (Å²) >= 11 is 0. The molecule has 2 aromatic carbocycles. The van der Waals surface area contributed by atoms with E-state index < -0.39 is 14.9 Å². The van der Waals surface area contributed by atoms with Crippen LogP contribution in [0.5, 0.6) is 11.5 Å². The normalized spacial score (nSPS) is 10.4. The van der Waals surface area contributed by atoms with Crippen LogP contribution in [-0.4, -0.2) is 42.6 Å². The van der Waals surface area contributed by atoms with E-state index in [-0.39, 0.29) is 40.2 Å². The Bertz CT molecular complexity index is 765. The molecule has 0 aromatic heterocycles. The minimum absolute atomic E-state index is 0. The maximum absolute atomic E-state index is 11.3. The summed E-state index contributed by atoms with van der Waals surface area (Å²) in [5, 5.41) is 10.8. The first-order valence-corrected chi connectivity index (χ1v) is 7.73. The van der Waals surface area contributed by atoms with Crippen molar-refractivity contribution in [3.8, 4) is 11.5 Å². The van der Waals surface area contributed by atoms with Gasteiger partial charge in [0.2, 0.25) is 10.0 Å². The van der Waals surface area contributed by atoms with Crippen LogP contribution in [0.2, 0.25) is 0 Å². The Morgan fingerprint density at radius 3 is 2.32 bits per heavy atom. The second-order valence-electron chi connectivity index (χ2n) is 4.23. The standard InChI is InChI=1S/C13H12N2O5S.Mg/c1-21(18,19)14-12-8-7-10(15(16)17)9-13(12)20-11-5-3-2-4-6-11;/h2-9,14H,1H3;/q;+2. The number of benzene rings is 2. The topological polar surface area (TPSA) is 98.5 Å². The van der Waals surface area contributed by atoms with Gasteiger partial charge in [0.1, 0.15) is 5.75 Å². The number of hydrogen-bond donors (Lipinski definition) is 1. The molecular weight excluding hydrogens is 321 g/mol. The number of nitro benzene ring substituents is 1. The van der Waals surface area contributed by atoms with Gasteiger partial charge in [-0.2, -0.15) is 0 Å². The molecule has 110 valence electrons. The molecule has 0 aliphatic rings. The summed E-state index contributed by atoms with van der Waals surface area (Å²) in [7, 11) is -3.52. The van der Waals surface area contributed by atoms with E-state index in [1.54, 1.807) is 30.3 Å². The predicted octanol–water partition coefficient (Wildman–Crippen LogP) is 2.38. The van der Waals surface area contributed by atoms with Gasteiger partial charge in [0, 0.05) is 6.07 Å². The molecule has 2 rings (SSSR count). The summed E-state index contributed by atoms with van der Waals surface area (Å²) in [5.74, 6) is 0.496. The van der Waals surface area contributed by atoms with Crippen LogP contribution in [0.4, 0.5) is 11.4 Å². The van der Waals surface area contributed by atoms with Crippen molar-refractivity contribution in [3.63, 3.8) is 0 Å². The van der Waals surface area contributed by atoms with E-state index >= 15 is 0 Å². The van der Waals surface area contributed by atoms with E-state index in [0.29, 0.717) is 5.75 Å². The molecule has 0 aliphatic heterocycles. The van der Waals surface area contributed by atoms with Gasteiger partial charge in [-0.3, -0.25) is 14.8 Å². The van der Waals surface area contributed by atoms with Crippen LogP contribution in [-0.2, 0) is 10.0 Å². The number of sulfonamides is 1. The van der Waals surface area contributed by atoms with Crippen LogP contribution in [0.25, 0.3) is 0 Å². The third-order valence-corrected chi connectivity index (χ3v) is 3.03. The molecule has 0 saturated carbocycles. The van der Waals surface area contributed by atoms with Gasteiger partial charge in [-0.1, -0.05) is 18.2 Å². The quantitative estimate of drug-likeness (QED) is 0.515. The third-order valence-electron chi connectivity index (χ3n) is 2.44. The summed E-state index contributed by atoms with van der Waals surface area (Å²) in [6.07, 6.45) is 0.987. The number of anilines is 1. The van der Waals surface area contributed by atoms with E-state index in [1.807, 2.05) is 0 Å². The maximum atomic E-state index is 11.3. The first-order chi connectivity index (χ1) is 9.85. The molecule has 0 fully saturated rings. The molecule has 0 radical (unpaired) electrons. The summed E-state index contributed by atoms with van der Waals surface area (Å²) < 4.78 is 30.4. The van der Waals surface area contributed by atoms with Gasteiger partial charge < -0.3 is 4.74 Å². The van der Waals surface area contributed by atoms with Crippen molar-refractivity contribution < 1.29 is 18.1 Å². The molecule has 1 N–H and O–H groups in total. The third kappa shape index (κ3) is 5.17. The fourth-order valence-corrected chi connectivity index (χ4v) is 2.18. The molecule has 7 nitrogen and oxygen atoms in total. The van der Waals surface area contributed by atoms with E-state index in [0.717, 1.165) is 6.26 Å². The van der Waals surface area contributed by atoms with Crippen molar-refractivity contribution in [2.75, 3.05) is 11.0 Å². The monoisotopic (exact) mass is 332 g/mol. The predicted molar refractivity (Wildman–Crippen MR) is 83.8 cm³/mol. The summed E-state index contributed by atoms with van der Waals surface area (Å²) in [4.78, 5) is 10.2. The van der Waals surface area contributed by atoms with Gasteiger partial charge in [-0.25, -0.2) is 8.42 Å². The Balaban J connectivity index is 0.00000242. The number of ether oxygens (including phenoxy) is 1. The number of nitrogens with zero attached hydrogens (tertiary/aromatic N) is 1. The molecule has 0 aliphatic carbocycles. The number of nitro groups is 1. The van der Waals surface area contributed by atoms with Gasteiger partial charge in [-0.05, 0) is 18.2 Å². The van der Waals surface area contributed by atoms with Gasteiger partial charge in [0.25, 0.3) is 5.69 Å². The molecule has 0 unspecified atom stereocenters. The van der Waals surface area contributed by atoms with Crippen LogP contribution in [0.3, 0.4) is 0 Å². The van der Waals surface area contributed by atoms with Gasteiger partial charge >= 0.3 is 23.1 Å². The van der Waals surface area contributed by atoms with Crippen LogP contribution < -0.4 is 9.46 Å². The van der Waals surface area contributed by atoms with E-state index in [4.69, 9.17) is 4.74 Å². The minimum Gasteiger partial charge on any atom is -0.455 e. The molecule has 0 amide bonds. The molecule has 0 saturated heterocycles. The first kappa shape index (κ1) is 18.2. The zero-order valence-corrected chi connectivity index (χ0v) is 14.0. The van der Waals surface area contributed by atoms with Crippen molar-refractivity contribution >= 4 is 44.5 Å². The van der Waals surface area contributed by atoms with Gasteiger partial charge in [0.05, 0.1) is 22.9 Å². The Kier molecular flexibility index (Phi) is 6.15. The Morgan fingerprint density at radius 2 is 1.77 bits per heavy atom. The summed E-state index contributed by atoms with van der Waals surface area (Å²) in [6.45, 7) is 0. The Morgan fingerprint density at radius 1 is 1.14 bits per heavy atom. The van der Waals surface area contributed by atoms with Crippen LogP contribution in [0.1, 0.15) is 0 Å². The average Bonchev–Trinajstić information content (AvgIpc) is 2.40. The second-order valence-corrected chi connectivity index (χ2v) is 5.98. The molecule has 0 spiro atoms. The molecule has 2 aromatic rings. The fourth-order valence-electron chi connectivity index (χ4n) is 1.61. The fraction of sp³-hybridized carbons (Fsp3) is 0.0769. The molecule has 0 heterocycles. The molecule has 9 heteroatoms. The zero-order valence-electron chi connectivity index (χ0n) is 11.7. The summed E-state index contributed by atoms with van der Waals surface area (Å²) in [5.41, 5.74) is -0.0630. The largest absolute Gasteiger partial charge is 2.00 e. The molecular formula is C13H12MgN2O5S+2. The molecule has 22 heavy (non-hydrogen) atoms. The number of hydrogen-bond acceptors (Lipinski definition) is 5. The number of rotatable bonds is 5. The van der Waals surface area contributed by atoms with E-state index in [2.05, 4.69) is 4.72 Å². The minimum atomic E-state index is -3.52. The van der Waals surface area contributed by atoms with Crippen molar-refractivity contribution in [2.45, 2.75) is 0 Å². The molecule has 0 atom stereocenters. The van der Waals surface area contributed by atoms with E-state index in [1.165, 1.54) is 18.2 Å². The van der Waals surface area contributed by atoms with Crippen LogP contribution in [0.15, 0.2) is 48.5 Å². The Hall–Kier alpha value is -1.84. The SMILES string of the molecule is CS(=O)(=O)Nc1ccc([N+](=O)[O-])cc1Oc1ccccc1.[Mg+2]. The van der Waals surface area contributed by atoms with Crippen LogP contribution in [0, 0.1) is 10.1 Å². The Labute approximate surface area is 143 Å². The maximum Gasteiger partial charge on any atom is 2.00 e. The summed E-state index contributed by atoms with van der Waals surface area (Å²) in [6, 6.07) is 12.2. The van der Waals surface area contributed by atoms with Gasteiger partial charge in [0.15, 0.2) is 5.75 Å². The van der Waals surface area contributed by atoms with Crippen molar-refractivity contribution in [3.05, 3.63) is 58.6 Å². The van der Waals surface area contributed by atoms with Crippen LogP contribution >= 0.6 is 0 Å². The van der Waals surface area contributed by atoms with Crippen molar-refractivity contribution in [2.24, 2.45) is 0 Å². The smallest absolute Gasteiger partial charge is 0.455 e. The zero-order chi connectivity index (χ0) is 15.5. The number of non-ortho nitro benzene ring substituents is 1. The van der Waals surface area contributed by atoms with Crippen molar-refractivity contribution in [1.82, 2.24) is 0 Å². The number of nitrogens with one attached hydrogen (secondary N) is 1. The van der Waals surface area contributed by atoms with E-state index in [9.17, 15) is 18.5 Å². The number of para-hydroxylation sites is 1. The first-order valence-electron chi connectivity index (χ1n) is 5.84.